The van der Waals surface area contributed by atoms with Crippen LogP contribution in [-0.4, -0.2) is 38.3 Å². The van der Waals surface area contributed by atoms with Gasteiger partial charge in [-0.1, -0.05) is 22.9 Å². The van der Waals surface area contributed by atoms with Crippen LogP contribution in [0, 0.1) is 5.92 Å². The fraction of sp³-hybridized carbons (Fsp3) is 0.571. The van der Waals surface area contributed by atoms with Crippen molar-refractivity contribution in [3.8, 4) is 11.5 Å². The summed E-state index contributed by atoms with van der Waals surface area (Å²) in [6.45, 7) is 5.00. The molecule has 1 heterocycles. The molecule has 6 heteroatoms. The summed E-state index contributed by atoms with van der Waals surface area (Å²) in [5.41, 5.74) is 7.22. The first-order valence-corrected chi connectivity index (χ1v) is 7.22. The molecule has 0 aromatic heterocycles. The summed E-state index contributed by atoms with van der Waals surface area (Å²) in [6.07, 6.45) is 0. The van der Waals surface area contributed by atoms with Crippen LogP contribution in [0.2, 0.25) is 0 Å². The minimum absolute atomic E-state index is 0. The normalized spacial score (nSPS) is 22.4. The van der Waals surface area contributed by atoms with Crippen molar-refractivity contribution in [1.29, 1.82) is 0 Å². The van der Waals surface area contributed by atoms with Crippen LogP contribution in [0.5, 0.6) is 11.5 Å². The summed E-state index contributed by atoms with van der Waals surface area (Å²) < 4.78 is 11.7. The fourth-order valence-electron chi connectivity index (χ4n) is 2.49. The maximum Gasteiger partial charge on any atom is 0.128 e. The predicted molar refractivity (Wildman–Crippen MR) is 86.9 cm³/mol. The van der Waals surface area contributed by atoms with Crippen molar-refractivity contribution < 1.29 is 9.47 Å². The van der Waals surface area contributed by atoms with Crippen molar-refractivity contribution in [2.75, 3.05) is 27.3 Å². The maximum atomic E-state index is 6.07. The molecule has 0 aliphatic carbocycles. The number of ether oxygens (including phenoxy) is 2. The monoisotopic (exact) mass is 364 g/mol. The van der Waals surface area contributed by atoms with Crippen LogP contribution in [0.25, 0.3) is 0 Å². The zero-order chi connectivity index (χ0) is 14.0. The van der Waals surface area contributed by atoms with E-state index in [2.05, 4.69) is 27.8 Å². The van der Waals surface area contributed by atoms with Crippen molar-refractivity contribution in [3.63, 3.8) is 0 Å². The summed E-state index contributed by atoms with van der Waals surface area (Å²) in [6, 6.07) is 4.15. The van der Waals surface area contributed by atoms with Crippen LogP contribution in [0.1, 0.15) is 12.5 Å². The molecule has 2 atom stereocenters. The number of hydrogen-bond acceptors (Lipinski definition) is 4. The molecule has 0 saturated carbocycles. The molecule has 4 nitrogen and oxygen atoms in total. The molecule has 20 heavy (non-hydrogen) atoms. The van der Waals surface area contributed by atoms with Crippen molar-refractivity contribution in [2.24, 2.45) is 11.7 Å². The number of methoxy groups -OCH3 is 2. The molecule has 2 unspecified atom stereocenters. The van der Waals surface area contributed by atoms with Crippen molar-refractivity contribution in [1.82, 2.24) is 4.90 Å². The van der Waals surface area contributed by atoms with Gasteiger partial charge in [0.15, 0.2) is 0 Å². The van der Waals surface area contributed by atoms with Gasteiger partial charge in [-0.25, -0.2) is 0 Å². The lowest BCUT2D eigenvalue weighted by atomic mass is 10.1. The molecule has 1 aromatic rings. The molecule has 1 aliphatic heterocycles. The van der Waals surface area contributed by atoms with Crippen LogP contribution in [0.4, 0.5) is 0 Å². The van der Waals surface area contributed by atoms with Gasteiger partial charge in [0.1, 0.15) is 11.5 Å². The molecule has 2 N–H and O–H groups in total. The van der Waals surface area contributed by atoms with E-state index < -0.39 is 0 Å². The van der Waals surface area contributed by atoms with Gasteiger partial charge in [0.25, 0.3) is 0 Å². The fourth-order valence-corrected chi connectivity index (χ4v) is 3.04. The molecule has 0 radical (unpaired) electrons. The topological polar surface area (TPSA) is 47.7 Å². The van der Waals surface area contributed by atoms with Crippen molar-refractivity contribution in [3.05, 3.63) is 22.2 Å². The quantitative estimate of drug-likeness (QED) is 0.891. The number of rotatable bonds is 4. The standard InChI is InChI=1S/C14H21BrN2O2.ClH/c1-9-6-17(8-13(9)16)7-11-12(15)4-10(18-2)5-14(11)19-3;/h4-5,9,13H,6-8,16H2,1-3H3;1H. The van der Waals surface area contributed by atoms with Crippen molar-refractivity contribution >= 4 is 28.3 Å². The second-order valence-electron chi connectivity index (χ2n) is 5.13. The van der Waals surface area contributed by atoms with E-state index in [-0.39, 0.29) is 18.4 Å². The minimum atomic E-state index is 0. The first-order chi connectivity index (χ1) is 9.05. The minimum Gasteiger partial charge on any atom is -0.497 e. The first kappa shape index (κ1) is 17.6. The number of benzene rings is 1. The van der Waals surface area contributed by atoms with Gasteiger partial charge in [0.2, 0.25) is 0 Å². The summed E-state index contributed by atoms with van der Waals surface area (Å²) in [5.74, 6) is 2.18. The SMILES string of the molecule is COc1cc(Br)c(CN2CC(C)C(N)C2)c(OC)c1.Cl. The molecule has 0 bridgehead atoms. The summed E-state index contributed by atoms with van der Waals surface area (Å²) >= 11 is 3.60. The zero-order valence-electron chi connectivity index (χ0n) is 12.1. The van der Waals surface area contributed by atoms with E-state index in [4.69, 9.17) is 15.2 Å². The van der Waals surface area contributed by atoms with E-state index in [1.807, 2.05) is 12.1 Å². The second kappa shape index (κ2) is 7.50. The molecule has 1 fully saturated rings. The van der Waals surface area contributed by atoms with E-state index in [0.717, 1.165) is 41.2 Å². The number of nitrogens with zero attached hydrogens (tertiary/aromatic N) is 1. The van der Waals surface area contributed by atoms with Gasteiger partial charge < -0.3 is 15.2 Å². The Morgan fingerprint density at radius 2 is 2.00 bits per heavy atom. The lowest BCUT2D eigenvalue weighted by molar-refractivity contribution is 0.308. The highest BCUT2D eigenvalue weighted by atomic mass is 79.9. The molecule has 0 amide bonds. The Morgan fingerprint density at radius 3 is 2.50 bits per heavy atom. The van der Waals surface area contributed by atoms with E-state index in [1.165, 1.54) is 0 Å². The Kier molecular flexibility index (Phi) is 6.58. The van der Waals surface area contributed by atoms with Crippen molar-refractivity contribution in [2.45, 2.75) is 19.5 Å². The van der Waals surface area contributed by atoms with E-state index in [0.29, 0.717) is 5.92 Å². The van der Waals surface area contributed by atoms with E-state index >= 15 is 0 Å². The molecule has 2 rings (SSSR count). The largest absolute Gasteiger partial charge is 0.497 e. The lowest BCUT2D eigenvalue weighted by Crippen LogP contribution is -2.28. The molecule has 0 spiro atoms. The van der Waals surface area contributed by atoms with Gasteiger partial charge in [0.05, 0.1) is 14.2 Å². The van der Waals surface area contributed by atoms with Gasteiger partial charge in [-0.05, 0) is 12.0 Å². The number of halogens is 2. The first-order valence-electron chi connectivity index (χ1n) is 6.43. The number of nitrogens with two attached hydrogens (primary N) is 1. The third-order valence-electron chi connectivity index (χ3n) is 3.71. The highest BCUT2D eigenvalue weighted by molar-refractivity contribution is 9.10. The average Bonchev–Trinajstić information content (AvgIpc) is 2.70. The van der Waals surface area contributed by atoms with Gasteiger partial charge in [0, 0.05) is 41.8 Å². The third-order valence-corrected chi connectivity index (χ3v) is 4.42. The van der Waals surface area contributed by atoms with Gasteiger partial charge in [-0.3, -0.25) is 4.90 Å². The smallest absolute Gasteiger partial charge is 0.128 e. The van der Waals surface area contributed by atoms with Gasteiger partial charge in [-0.2, -0.15) is 0 Å². The van der Waals surface area contributed by atoms with Crippen LogP contribution in [-0.2, 0) is 6.54 Å². The number of hydrogen-bond donors (Lipinski definition) is 1. The Bertz CT molecular complexity index is 449. The average molecular weight is 366 g/mol. The third kappa shape index (κ3) is 3.79. The van der Waals surface area contributed by atoms with Gasteiger partial charge in [-0.15, -0.1) is 12.4 Å². The van der Waals surface area contributed by atoms with Crippen LogP contribution in [0.15, 0.2) is 16.6 Å². The molecule has 1 saturated heterocycles. The maximum absolute atomic E-state index is 6.07. The summed E-state index contributed by atoms with van der Waals surface area (Å²) in [5, 5.41) is 0. The zero-order valence-corrected chi connectivity index (χ0v) is 14.5. The van der Waals surface area contributed by atoms with Gasteiger partial charge >= 0.3 is 0 Å². The Balaban J connectivity index is 0.00000200. The number of likely N-dealkylation sites (tertiary alicyclic amines) is 1. The van der Waals surface area contributed by atoms with Crippen LogP contribution >= 0.6 is 28.3 Å². The molecular formula is C14H22BrClN2O2. The highest BCUT2D eigenvalue weighted by Crippen LogP contribution is 2.34. The molecule has 1 aliphatic rings. The van der Waals surface area contributed by atoms with Crippen LogP contribution in [0.3, 0.4) is 0 Å². The van der Waals surface area contributed by atoms with Crippen LogP contribution < -0.4 is 15.2 Å². The second-order valence-corrected chi connectivity index (χ2v) is 5.98. The molecule has 114 valence electrons. The Labute approximate surface area is 135 Å². The van der Waals surface area contributed by atoms with E-state index in [1.54, 1.807) is 14.2 Å². The Hall–Kier alpha value is -0.490. The Morgan fingerprint density at radius 1 is 1.30 bits per heavy atom. The summed E-state index contributed by atoms with van der Waals surface area (Å²) in [4.78, 5) is 2.37. The highest BCUT2D eigenvalue weighted by Gasteiger charge is 2.27. The molecular weight excluding hydrogens is 344 g/mol. The summed E-state index contributed by atoms with van der Waals surface area (Å²) in [7, 11) is 3.34. The lowest BCUT2D eigenvalue weighted by Gasteiger charge is -2.19. The predicted octanol–water partition coefficient (Wildman–Crippen LogP) is 2.67. The molecule has 1 aromatic carbocycles. The van der Waals surface area contributed by atoms with E-state index in [9.17, 15) is 0 Å².